The molecule has 1 saturated heterocycles. The molecule has 7 rings (SSSR count). The zero-order chi connectivity index (χ0) is 27.2. The number of pyridine rings is 2. The number of ketones is 1. The molecule has 1 aromatic carbocycles. The third-order valence-electron chi connectivity index (χ3n) is 7.42. The normalized spacial score (nSPS) is 14.3. The number of likely N-dealkylation sites (tertiary alicyclic amines) is 1. The molecular weight excluding hydrogens is 525 g/mol. The van der Waals surface area contributed by atoms with Gasteiger partial charge in [0.2, 0.25) is 0 Å². The highest BCUT2D eigenvalue weighted by Crippen LogP contribution is 2.35. The van der Waals surface area contributed by atoms with Gasteiger partial charge in [-0.1, -0.05) is 6.42 Å². The molecule has 0 unspecified atom stereocenters. The number of nitrogens with zero attached hydrogens (tertiary/aromatic N) is 5. The smallest absolute Gasteiger partial charge is 0.169 e. The number of aromatic amines is 2. The average Bonchev–Trinajstić information content (AvgIpc) is 3.71. The Balaban J connectivity index is 1.27. The fourth-order valence-electron chi connectivity index (χ4n) is 5.42. The lowest BCUT2D eigenvalue weighted by Crippen LogP contribution is -2.29. The summed E-state index contributed by atoms with van der Waals surface area (Å²) in [5.74, 6) is 0.229. The van der Waals surface area contributed by atoms with Gasteiger partial charge < -0.3 is 4.98 Å². The third-order valence-corrected chi connectivity index (χ3v) is 8.62. The molecule has 8 nitrogen and oxygen atoms in total. The van der Waals surface area contributed by atoms with Crippen LogP contribution in [-0.2, 0) is 6.54 Å². The van der Waals surface area contributed by atoms with Gasteiger partial charge in [0.25, 0.3) is 0 Å². The quantitative estimate of drug-likeness (QED) is 0.226. The van der Waals surface area contributed by atoms with Crippen molar-refractivity contribution in [3.8, 4) is 33.2 Å². The highest BCUT2D eigenvalue weighted by molar-refractivity contribution is 7.17. The predicted molar refractivity (Wildman–Crippen MR) is 155 cm³/mol. The molecule has 0 spiro atoms. The van der Waals surface area contributed by atoms with E-state index in [1.807, 2.05) is 36.5 Å². The Kier molecular flexibility index (Phi) is 6.21. The van der Waals surface area contributed by atoms with Gasteiger partial charge in [0.05, 0.1) is 20.8 Å². The van der Waals surface area contributed by atoms with Gasteiger partial charge in [0.1, 0.15) is 22.7 Å². The molecule has 200 valence electrons. The summed E-state index contributed by atoms with van der Waals surface area (Å²) in [5.41, 5.74) is 5.62. The number of aromatic nitrogens is 6. The predicted octanol–water partition coefficient (Wildman–Crippen LogP) is 6.62. The van der Waals surface area contributed by atoms with E-state index in [0.29, 0.717) is 38.7 Å². The largest absolute Gasteiger partial charge is 0.336 e. The van der Waals surface area contributed by atoms with Crippen LogP contribution < -0.4 is 0 Å². The van der Waals surface area contributed by atoms with Gasteiger partial charge in [-0.15, -0.1) is 11.3 Å². The fraction of sp³-hybridized carbons (Fsp3) is 0.233. The van der Waals surface area contributed by atoms with Crippen LogP contribution in [0, 0.1) is 5.82 Å². The van der Waals surface area contributed by atoms with Crippen LogP contribution in [0.5, 0.6) is 0 Å². The molecule has 0 bridgehead atoms. The average molecular weight is 552 g/mol. The van der Waals surface area contributed by atoms with Crippen molar-refractivity contribution in [2.24, 2.45) is 0 Å². The molecule has 0 radical (unpaired) electrons. The summed E-state index contributed by atoms with van der Waals surface area (Å²) in [4.78, 5) is 33.0. The number of carbonyl (C=O) groups excluding carboxylic acids is 1. The number of halogens is 1. The molecule has 6 aromatic rings. The van der Waals surface area contributed by atoms with Crippen molar-refractivity contribution in [3.05, 3.63) is 71.2 Å². The Morgan fingerprint density at radius 1 is 1.05 bits per heavy atom. The van der Waals surface area contributed by atoms with E-state index in [4.69, 9.17) is 4.98 Å². The van der Waals surface area contributed by atoms with Crippen LogP contribution in [-0.4, -0.2) is 53.9 Å². The Morgan fingerprint density at radius 3 is 2.75 bits per heavy atom. The number of rotatable bonds is 6. The molecule has 10 heteroatoms. The molecule has 0 aliphatic carbocycles. The molecule has 1 aliphatic rings. The number of imidazole rings is 1. The highest BCUT2D eigenvalue weighted by Gasteiger charge is 2.19. The molecule has 0 atom stereocenters. The van der Waals surface area contributed by atoms with E-state index in [0.717, 1.165) is 46.5 Å². The van der Waals surface area contributed by atoms with Gasteiger partial charge in [0.15, 0.2) is 11.6 Å². The summed E-state index contributed by atoms with van der Waals surface area (Å²) in [6.45, 7) is 4.54. The van der Waals surface area contributed by atoms with Crippen molar-refractivity contribution in [1.29, 1.82) is 0 Å². The van der Waals surface area contributed by atoms with E-state index < -0.39 is 0 Å². The van der Waals surface area contributed by atoms with Crippen molar-refractivity contribution < 1.29 is 9.18 Å². The molecule has 0 saturated carbocycles. The van der Waals surface area contributed by atoms with Gasteiger partial charge in [-0.2, -0.15) is 5.10 Å². The Labute approximate surface area is 233 Å². The number of hydrogen-bond acceptors (Lipinski definition) is 7. The van der Waals surface area contributed by atoms with Crippen LogP contribution in [0.2, 0.25) is 0 Å². The van der Waals surface area contributed by atoms with Crippen LogP contribution in [0.4, 0.5) is 4.39 Å². The third kappa shape index (κ3) is 4.48. The van der Waals surface area contributed by atoms with E-state index in [1.54, 1.807) is 19.3 Å². The van der Waals surface area contributed by atoms with E-state index in [2.05, 4.69) is 30.0 Å². The number of Topliss-reactive ketones (excluding diaryl/α,β-unsaturated/α-hetero) is 1. The van der Waals surface area contributed by atoms with Gasteiger partial charge in [-0.25, -0.2) is 9.37 Å². The van der Waals surface area contributed by atoms with Crippen molar-refractivity contribution >= 4 is 39.1 Å². The Bertz CT molecular complexity index is 1880. The molecule has 6 heterocycles. The number of piperidine rings is 1. The lowest BCUT2D eigenvalue weighted by Gasteiger charge is -2.26. The number of fused-ring (bicyclic) bond motifs is 2. The first-order valence-electron chi connectivity index (χ1n) is 13.3. The standard InChI is InChI=1S/C30H26FN7OS/c1-17(39)25-5-6-26(40-25)29-28-23(7-8-33-29)34-30(35-28)27-21-12-20(22(31)13-24(21)36-37-27)19-11-18(14-32-15-19)16-38-9-3-2-4-10-38/h5-8,11-15H,2-4,9-10,16H2,1H3,(H,34,35)(H,36,37). The van der Waals surface area contributed by atoms with Crippen molar-refractivity contribution in [2.75, 3.05) is 13.1 Å². The first kappa shape index (κ1) is 24.7. The maximum Gasteiger partial charge on any atom is 0.169 e. The molecular formula is C30H26FN7OS. The minimum absolute atomic E-state index is 0.0180. The van der Waals surface area contributed by atoms with E-state index in [1.165, 1.54) is 36.7 Å². The highest BCUT2D eigenvalue weighted by atomic mass is 32.1. The van der Waals surface area contributed by atoms with Crippen molar-refractivity contribution in [1.82, 2.24) is 35.0 Å². The minimum Gasteiger partial charge on any atom is -0.336 e. The summed E-state index contributed by atoms with van der Waals surface area (Å²) in [6.07, 6.45) is 9.00. The second-order valence-corrected chi connectivity index (χ2v) is 11.3. The second-order valence-electron chi connectivity index (χ2n) is 10.2. The molecule has 2 N–H and O–H groups in total. The van der Waals surface area contributed by atoms with Crippen LogP contribution in [0.15, 0.2) is 55.0 Å². The van der Waals surface area contributed by atoms with Crippen LogP contribution in [0.1, 0.15) is 41.4 Å². The van der Waals surface area contributed by atoms with Gasteiger partial charge in [-0.05, 0) is 68.8 Å². The van der Waals surface area contributed by atoms with Crippen molar-refractivity contribution in [3.63, 3.8) is 0 Å². The molecule has 5 aromatic heterocycles. The first-order chi connectivity index (χ1) is 19.5. The topological polar surface area (TPSA) is 103 Å². The lowest BCUT2D eigenvalue weighted by molar-refractivity contribution is 0.102. The van der Waals surface area contributed by atoms with Crippen LogP contribution >= 0.6 is 11.3 Å². The number of carbonyl (C=O) groups is 1. The van der Waals surface area contributed by atoms with Crippen molar-refractivity contribution in [2.45, 2.75) is 32.7 Å². The summed E-state index contributed by atoms with van der Waals surface area (Å²) in [7, 11) is 0. The fourth-order valence-corrected chi connectivity index (χ4v) is 6.32. The van der Waals surface area contributed by atoms with E-state index in [-0.39, 0.29) is 11.6 Å². The summed E-state index contributed by atoms with van der Waals surface area (Å²) in [5, 5.41) is 8.20. The number of hydrogen-bond donors (Lipinski definition) is 2. The minimum atomic E-state index is -0.338. The maximum atomic E-state index is 15.3. The van der Waals surface area contributed by atoms with E-state index >= 15 is 4.39 Å². The second kappa shape index (κ2) is 10.0. The SMILES string of the molecule is CC(=O)c1ccc(-c2nccc3[nH]c(-c4n[nH]c5cc(F)c(-c6cncc(CN7CCCCC7)c6)cc45)nc23)s1. The van der Waals surface area contributed by atoms with E-state index in [9.17, 15) is 4.79 Å². The molecule has 40 heavy (non-hydrogen) atoms. The monoisotopic (exact) mass is 551 g/mol. The summed E-state index contributed by atoms with van der Waals surface area (Å²) >= 11 is 1.39. The number of benzene rings is 1. The molecule has 1 aliphatic heterocycles. The molecule has 1 fully saturated rings. The summed E-state index contributed by atoms with van der Waals surface area (Å²) < 4.78 is 15.3. The van der Waals surface area contributed by atoms with Crippen LogP contribution in [0.25, 0.3) is 55.2 Å². The lowest BCUT2D eigenvalue weighted by atomic mass is 10.0. The number of nitrogens with one attached hydrogen (secondary N) is 2. The Hall–Kier alpha value is -4.28. The zero-order valence-corrected chi connectivity index (χ0v) is 22.7. The number of thiophene rings is 1. The first-order valence-corrected chi connectivity index (χ1v) is 14.2. The molecule has 0 amide bonds. The zero-order valence-electron chi connectivity index (χ0n) is 21.9. The van der Waals surface area contributed by atoms with Gasteiger partial charge in [-0.3, -0.25) is 24.8 Å². The van der Waals surface area contributed by atoms with Gasteiger partial charge >= 0.3 is 0 Å². The van der Waals surface area contributed by atoms with Crippen LogP contribution in [0.3, 0.4) is 0 Å². The summed E-state index contributed by atoms with van der Waals surface area (Å²) in [6, 6.07) is 10.9. The maximum absolute atomic E-state index is 15.3. The Morgan fingerprint density at radius 2 is 1.93 bits per heavy atom. The van der Waals surface area contributed by atoms with Gasteiger partial charge in [0, 0.05) is 47.7 Å². The number of H-pyrrole nitrogens is 2.